The summed E-state index contributed by atoms with van der Waals surface area (Å²) in [6.45, 7) is 1.91. The van der Waals surface area contributed by atoms with Crippen LogP contribution in [0.15, 0.2) is 22.8 Å². The standard InChI is InChI=1S/C11H15BrN2O2S/c1-7(10(6-15)17-2)14-11(16)9-4-3-8(12)5-13-9/h3-5,7,10,15H,6H2,1-2H3,(H,14,16)/t7-,10+/m1/s1. The average molecular weight is 319 g/mol. The molecule has 0 fully saturated rings. The molecule has 0 aliphatic carbocycles. The highest BCUT2D eigenvalue weighted by Gasteiger charge is 2.18. The molecule has 0 spiro atoms. The summed E-state index contributed by atoms with van der Waals surface area (Å²) in [5.41, 5.74) is 0.373. The molecule has 0 saturated heterocycles. The first-order valence-corrected chi connectivity index (χ1v) is 7.22. The van der Waals surface area contributed by atoms with Crippen LogP contribution in [0.4, 0.5) is 0 Å². The van der Waals surface area contributed by atoms with E-state index >= 15 is 0 Å². The molecule has 2 N–H and O–H groups in total. The quantitative estimate of drug-likeness (QED) is 0.867. The third kappa shape index (κ3) is 4.29. The average Bonchev–Trinajstić information content (AvgIpc) is 2.31. The van der Waals surface area contributed by atoms with Crippen molar-refractivity contribution in [3.05, 3.63) is 28.5 Å². The van der Waals surface area contributed by atoms with Gasteiger partial charge in [0.25, 0.3) is 5.91 Å². The molecule has 17 heavy (non-hydrogen) atoms. The maximum Gasteiger partial charge on any atom is 0.270 e. The van der Waals surface area contributed by atoms with Crippen LogP contribution in [0.5, 0.6) is 0 Å². The SMILES string of the molecule is CS[C@@H](CO)[C@@H](C)NC(=O)c1ccc(Br)cn1. The maximum absolute atomic E-state index is 11.8. The summed E-state index contributed by atoms with van der Waals surface area (Å²) < 4.78 is 0.833. The maximum atomic E-state index is 11.8. The van der Waals surface area contributed by atoms with E-state index in [-0.39, 0.29) is 23.8 Å². The number of aromatic nitrogens is 1. The molecular weight excluding hydrogens is 304 g/mol. The van der Waals surface area contributed by atoms with Gasteiger partial charge in [-0.3, -0.25) is 4.79 Å². The molecule has 1 aromatic rings. The number of aliphatic hydroxyl groups is 1. The highest BCUT2D eigenvalue weighted by atomic mass is 79.9. The van der Waals surface area contributed by atoms with E-state index < -0.39 is 0 Å². The lowest BCUT2D eigenvalue weighted by molar-refractivity contribution is 0.0931. The zero-order valence-electron chi connectivity index (χ0n) is 9.68. The van der Waals surface area contributed by atoms with Gasteiger partial charge in [-0.05, 0) is 41.2 Å². The Morgan fingerprint density at radius 3 is 2.82 bits per heavy atom. The summed E-state index contributed by atoms with van der Waals surface area (Å²) in [7, 11) is 0. The minimum atomic E-state index is -0.225. The molecule has 0 aliphatic heterocycles. The molecule has 0 radical (unpaired) electrons. The number of nitrogens with zero attached hydrogens (tertiary/aromatic N) is 1. The fourth-order valence-corrected chi connectivity index (χ4v) is 2.18. The molecule has 1 amide bonds. The predicted molar refractivity (Wildman–Crippen MR) is 73.3 cm³/mol. The van der Waals surface area contributed by atoms with Gasteiger partial charge >= 0.3 is 0 Å². The number of halogens is 1. The van der Waals surface area contributed by atoms with Gasteiger partial charge in [0, 0.05) is 22.0 Å². The number of pyridine rings is 1. The number of thioether (sulfide) groups is 1. The van der Waals surface area contributed by atoms with Crippen molar-refractivity contribution < 1.29 is 9.90 Å². The molecule has 0 aromatic carbocycles. The van der Waals surface area contributed by atoms with Crippen molar-refractivity contribution in [1.29, 1.82) is 0 Å². The Hall–Kier alpha value is -0.590. The molecule has 0 unspecified atom stereocenters. The van der Waals surface area contributed by atoms with Crippen molar-refractivity contribution >= 4 is 33.6 Å². The van der Waals surface area contributed by atoms with Gasteiger partial charge in [0.05, 0.1) is 6.61 Å². The Bertz CT molecular complexity index is 368. The molecule has 0 aliphatic rings. The number of amides is 1. The van der Waals surface area contributed by atoms with Crippen LogP contribution < -0.4 is 5.32 Å². The summed E-state index contributed by atoms with van der Waals surface area (Å²) in [4.78, 5) is 15.8. The van der Waals surface area contributed by atoms with Gasteiger partial charge < -0.3 is 10.4 Å². The lowest BCUT2D eigenvalue weighted by atomic mass is 10.2. The number of nitrogens with one attached hydrogen (secondary N) is 1. The van der Waals surface area contributed by atoms with Gasteiger partial charge in [0.1, 0.15) is 5.69 Å². The van der Waals surface area contributed by atoms with E-state index in [0.717, 1.165) is 4.47 Å². The van der Waals surface area contributed by atoms with E-state index in [9.17, 15) is 4.79 Å². The van der Waals surface area contributed by atoms with Crippen LogP contribution >= 0.6 is 27.7 Å². The summed E-state index contributed by atoms with van der Waals surface area (Å²) >= 11 is 4.79. The van der Waals surface area contributed by atoms with Crippen LogP contribution in [0.1, 0.15) is 17.4 Å². The number of carbonyl (C=O) groups is 1. The lowest BCUT2D eigenvalue weighted by Gasteiger charge is -2.20. The van der Waals surface area contributed by atoms with Crippen molar-refractivity contribution in [2.45, 2.75) is 18.2 Å². The Labute approximate surface area is 113 Å². The van der Waals surface area contributed by atoms with Gasteiger partial charge in [0.2, 0.25) is 0 Å². The molecular formula is C11H15BrN2O2S. The molecule has 2 atom stereocenters. The second-order valence-corrected chi connectivity index (χ2v) is 5.57. The van der Waals surface area contributed by atoms with Crippen molar-refractivity contribution in [3.8, 4) is 0 Å². The number of rotatable bonds is 5. The normalized spacial score (nSPS) is 14.1. The van der Waals surface area contributed by atoms with Crippen molar-refractivity contribution in [1.82, 2.24) is 10.3 Å². The number of hydrogen-bond acceptors (Lipinski definition) is 4. The summed E-state index contributed by atoms with van der Waals surface area (Å²) in [5, 5.41) is 11.9. The largest absolute Gasteiger partial charge is 0.395 e. The zero-order chi connectivity index (χ0) is 12.8. The minimum absolute atomic E-state index is 0.00519. The van der Waals surface area contributed by atoms with E-state index in [4.69, 9.17) is 5.11 Å². The van der Waals surface area contributed by atoms with Crippen LogP contribution in [0.25, 0.3) is 0 Å². The first kappa shape index (κ1) is 14.5. The second-order valence-electron chi connectivity index (χ2n) is 3.58. The van der Waals surface area contributed by atoms with Crippen molar-refractivity contribution in [2.24, 2.45) is 0 Å². The Kier molecular flexibility index (Phi) is 5.94. The highest BCUT2D eigenvalue weighted by Crippen LogP contribution is 2.11. The van der Waals surface area contributed by atoms with E-state index in [0.29, 0.717) is 5.69 Å². The highest BCUT2D eigenvalue weighted by molar-refractivity contribution is 9.10. The Morgan fingerprint density at radius 2 is 2.35 bits per heavy atom. The molecule has 1 aromatic heterocycles. The summed E-state index contributed by atoms with van der Waals surface area (Å²) in [5.74, 6) is -0.225. The van der Waals surface area contributed by atoms with Gasteiger partial charge in [-0.25, -0.2) is 4.98 Å². The lowest BCUT2D eigenvalue weighted by Crippen LogP contribution is -2.41. The molecule has 1 rings (SSSR count). The Balaban J connectivity index is 2.62. The molecule has 94 valence electrons. The topological polar surface area (TPSA) is 62.2 Å². The first-order chi connectivity index (χ1) is 8.08. The van der Waals surface area contributed by atoms with Crippen LogP contribution in [0, 0.1) is 0 Å². The van der Waals surface area contributed by atoms with Crippen LogP contribution in [0.2, 0.25) is 0 Å². The molecule has 0 bridgehead atoms. The van der Waals surface area contributed by atoms with E-state index in [2.05, 4.69) is 26.2 Å². The summed E-state index contributed by atoms with van der Waals surface area (Å²) in [6, 6.07) is 3.32. The predicted octanol–water partition coefficient (Wildman–Crippen LogP) is 1.69. The van der Waals surface area contributed by atoms with Gasteiger partial charge in [-0.2, -0.15) is 11.8 Å². The molecule has 0 saturated carbocycles. The summed E-state index contributed by atoms with van der Waals surface area (Å²) in [6.07, 6.45) is 3.49. The first-order valence-electron chi connectivity index (χ1n) is 5.14. The third-order valence-electron chi connectivity index (χ3n) is 2.36. The number of aliphatic hydroxyl groups excluding tert-OH is 1. The molecule has 1 heterocycles. The van der Waals surface area contributed by atoms with Crippen LogP contribution in [0.3, 0.4) is 0 Å². The Morgan fingerprint density at radius 1 is 1.65 bits per heavy atom. The van der Waals surface area contributed by atoms with Gasteiger partial charge in [0.15, 0.2) is 0 Å². The van der Waals surface area contributed by atoms with Gasteiger partial charge in [-0.15, -0.1) is 0 Å². The zero-order valence-corrected chi connectivity index (χ0v) is 12.1. The van der Waals surface area contributed by atoms with Crippen molar-refractivity contribution in [2.75, 3.05) is 12.9 Å². The van der Waals surface area contributed by atoms with E-state index in [1.54, 1.807) is 18.3 Å². The minimum Gasteiger partial charge on any atom is -0.395 e. The number of carbonyl (C=O) groups excluding carboxylic acids is 1. The van der Waals surface area contributed by atoms with E-state index in [1.165, 1.54) is 11.8 Å². The smallest absolute Gasteiger partial charge is 0.270 e. The van der Waals surface area contributed by atoms with Crippen LogP contribution in [-0.2, 0) is 0 Å². The van der Waals surface area contributed by atoms with Crippen molar-refractivity contribution in [3.63, 3.8) is 0 Å². The monoisotopic (exact) mass is 318 g/mol. The van der Waals surface area contributed by atoms with Gasteiger partial charge in [-0.1, -0.05) is 0 Å². The fourth-order valence-electron chi connectivity index (χ4n) is 1.32. The van der Waals surface area contributed by atoms with E-state index in [1.807, 2.05) is 13.2 Å². The second kappa shape index (κ2) is 6.98. The van der Waals surface area contributed by atoms with Crippen LogP contribution in [-0.4, -0.2) is 40.2 Å². The fraction of sp³-hybridized carbons (Fsp3) is 0.455. The molecule has 4 nitrogen and oxygen atoms in total. The molecule has 6 heteroatoms. The number of hydrogen-bond donors (Lipinski definition) is 2. The third-order valence-corrected chi connectivity index (χ3v) is 3.99.